The van der Waals surface area contributed by atoms with E-state index in [1.165, 1.54) is 6.33 Å². The second-order valence-corrected chi connectivity index (χ2v) is 5.21. The molecule has 1 rings (SSSR count). The lowest BCUT2D eigenvalue weighted by atomic mass is 9.98. The van der Waals surface area contributed by atoms with Gasteiger partial charge >= 0.3 is 5.69 Å². The van der Waals surface area contributed by atoms with Crippen LogP contribution in [-0.4, -0.2) is 28.0 Å². The van der Waals surface area contributed by atoms with Gasteiger partial charge in [-0.15, -0.1) is 0 Å². The maximum Gasteiger partial charge on any atom is 0.353 e. The molecule has 0 radical (unpaired) electrons. The number of hydrogen-bond donors (Lipinski definition) is 2. The molecule has 0 fully saturated rings. The fraction of sp³-hybridized carbons (Fsp3) is 0.692. The van der Waals surface area contributed by atoms with Gasteiger partial charge in [0.05, 0.1) is 4.92 Å². The van der Waals surface area contributed by atoms with Gasteiger partial charge < -0.3 is 10.6 Å². The van der Waals surface area contributed by atoms with Gasteiger partial charge in [0, 0.05) is 13.1 Å². The van der Waals surface area contributed by atoms with E-state index in [1.807, 2.05) is 6.92 Å². The van der Waals surface area contributed by atoms with E-state index in [2.05, 4.69) is 41.4 Å². The van der Waals surface area contributed by atoms with Crippen LogP contribution in [0.2, 0.25) is 0 Å². The summed E-state index contributed by atoms with van der Waals surface area (Å²) in [7, 11) is 0. The molecule has 20 heavy (non-hydrogen) atoms. The Labute approximate surface area is 119 Å². The molecule has 1 heterocycles. The third-order valence-electron chi connectivity index (χ3n) is 3.28. The summed E-state index contributed by atoms with van der Waals surface area (Å²) in [6, 6.07) is 0. The number of nitrogens with zero attached hydrogens (tertiary/aromatic N) is 3. The van der Waals surface area contributed by atoms with Crippen LogP contribution >= 0.6 is 0 Å². The van der Waals surface area contributed by atoms with Crippen LogP contribution < -0.4 is 10.6 Å². The Balaban J connectivity index is 2.91. The van der Waals surface area contributed by atoms with E-state index in [9.17, 15) is 10.1 Å². The maximum atomic E-state index is 11.2. The van der Waals surface area contributed by atoms with Gasteiger partial charge in [-0.2, -0.15) is 0 Å². The minimum absolute atomic E-state index is 0.0862. The van der Waals surface area contributed by atoms with Crippen molar-refractivity contribution in [3.05, 3.63) is 16.4 Å². The molecule has 0 bridgehead atoms. The summed E-state index contributed by atoms with van der Waals surface area (Å²) in [6.07, 6.45) is 2.21. The Morgan fingerprint density at radius 3 is 2.35 bits per heavy atom. The van der Waals surface area contributed by atoms with E-state index in [1.54, 1.807) is 0 Å². The summed E-state index contributed by atoms with van der Waals surface area (Å²) in [5.41, 5.74) is -0.0862. The summed E-state index contributed by atoms with van der Waals surface area (Å²) in [6.45, 7) is 9.61. The minimum atomic E-state index is -0.444. The molecule has 0 saturated carbocycles. The third-order valence-corrected chi connectivity index (χ3v) is 3.28. The van der Waals surface area contributed by atoms with Crippen LogP contribution in [0.5, 0.6) is 0 Å². The number of aromatic nitrogens is 2. The van der Waals surface area contributed by atoms with Crippen LogP contribution in [-0.2, 0) is 0 Å². The fourth-order valence-electron chi connectivity index (χ4n) is 1.55. The number of nitro groups is 1. The second kappa shape index (κ2) is 7.62. The molecule has 0 aliphatic heterocycles. The highest BCUT2D eigenvalue weighted by Crippen LogP contribution is 2.29. The highest BCUT2D eigenvalue weighted by atomic mass is 16.6. The molecule has 7 nitrogen and oxygen atoms in total. The van der Waals surface area contributed by atoms with E-state index in [-0.39, 0.29) is 17.3 Å². The van der Waals surface area contributed by atoms with Gasteiger partial charge in [0.15, 0.2) is 0 Å². The summed E-state index contributed by atoms with van der Waals surface area (Å²) in [5, 5.41) is 17.3. The normalized spacial score (nSPS) is 12.2. The molecule has 2 N–H and O–H groups in total. The average Bonchev–Trinajstić information content (AvgIpc) is 2.41. The molecule has 1 aromatic heterocycles. The molecular formula is C13H23N5O2. The zero-order valence-corrected chi connectivity index (χ0v) is 12.5. The molecule has 7 heteroatoms. The number of hydrogen-bond acceptors (Lipinski definition) is 6. The van der Waals surface area contributed by atoms with Crippen LogP contribution in [0, 0.1) is 22.0 Å². The molecule has 112 valence electrons. The van der Waals surface area contributed by atoms with E-state index in [4.69, 9.17) is 0 Å². The first-order valence-corrected chi connectivity index (χ1v) is 6.94. The smallest absolute Gasteiger partial charge is 0.353 e. The standard InChI is InChI=1S/C13H23N5O2/c1-5-6-14-12-11(18(19)20)13(17-8-16-12)15-7-10(4)9(2)3/h8-10H,5-7H2,1-4H3,(H2,14,15,16,17). The van der Waals surface area contributed by atoms with E-state index in [0.29, 0.717) is 24.9 Å². The molecule has 0 amide bonds. The molecule has 1 aromatic rings. The van der Waals surface area contributed by atoms with Crippen molar-refractivity contribution in [2.45, 2.75) is 34.1 Å². The first-order valence-electron chi connectivity index (χ1n) is 6.94. The van der Waals surface area contributed by atoms with Crippen LogP contribution in [0.15, 0.2) is 6.33 Å². The molecule has 1 atom stereocenters. The molecule has 0 aliphatic carbocycles. The SMILES string of the molecule is CCCNc1ncnc(NCC(C)C(C)C)c1[N+](=O)[O-]. The lowest BCUT2D eigenvalue weighted by Gasteiger charge is -2.16. The summed E-state index contributed by atoms with van der Waals surface area (Å²) in [5.74, 6) is 1.44. The minimum Gasteiger partial charge on any atom is -0.364 e. The monoisotopic (exact) mass is 281 g/mol. The number of rotatable bonds is 8. The highest BCUT2D eigenvalue weighted by molar-refractivity contribution is 5.69. The summed E-state index contributed by atoms with van der Waals surface area (Å²) < 4.78 is 0. The lowest BCUT2D eigenvalue weighted by Crippen LogP contribution is -2.18. The molecule has 0 saturated heterocycles. The van der Waals surface area contributed by atoms with Crippen LogP contribution in [0.4, 0.5) is 17.3 Å². The number of nitrogens with one attached hydrogen (secondary N) is 2. The first kappa shape index (κ1) is 16.1. The largest absolute Gasteiger partial charge is 0.364 e. The second-order valence-electron chi connectivity index (χ2n) is 5.21. The van der Waals surface area contributed by atoms with Crippen molar-refractivity contribution < 1.29 is 4.92 Å². The Hall–Kier alpha value is -1.92. The summed E-state index contributed by atoms with van der Waals surface area (Å²) >= 11 is 0. The van der Waals surface area contributed by atoms with Gasteiger partial charge in [-0.1, -0.05) is 27.7 Å². The van der Waals surface area contributed by atoms with Gasteiger partial charge in [-0.05, 0) is 18.3 Å². The van der Waals surface area contributed by atoms with Crippen molar-refractivity contribution >= 4 is 17.3 Å². The zero-order valence-electron chi connectivity index (χ0n) is 12.5. The molecule has 0 aromatic carbocycles. The van der Waals surface area contributed by atoms with Crippen molar-refractivity contribution in [1.29, 1.82) is 0 Å². The predicted octanol–water partition coefficient (Wildman–Crippen LogP) is 2.91. The quantitative estimate of drug-likeness (QED) is 0.562. The van der Waals surface area contributed by atoms with Crippen molar-refractivity contribution in [3.8, 4) is 0 Å². The zero-order chi connectivity index (χ0) is 15.1. The fourth-order valence-corrected chi connectivity index (χ4v) is 1.55. The Morgan fingerprint density at radius 2 is 1.85 bits per heavy atom. The molecule has 0 aliphatic rings. The van der Waals surface area contributed by atoms with Gasteiger partial charge in [-0.25, -0.2) is 9.97 Å². The van der Waals surface area contributed by atoms with Gasteiger partial charge in [0.1, 0.15) is 6.33 Å². The molecule has 0 spiro atoms. The summed E-state index contributed by atoms with van der Waals surface area (Å²) in [4.78, 5) is 18.7. The van der Waals surface area contributed by atoms with E-state index < -0.39 is 4.92 Å². The van der Waals surface area contributed by atoms with Gasteiger partial charge in [0.2, 0.25) is 11.6 Å². The van der Waals surface area contributed by atoms with Crippen molar-refractivity contribution in [2.24, 2.45) is 11.8 Å². The van der Waals surface area contributed by atoms with Gasteiger partial charge in [-0.3, -0.25) is 10.1 Å². The molecular weight excluding hydrogens is 258 g/mol. The average molecular weight is 281 g/mol. The topological polar surface area (TPSA) is 93.0 Å². The Bertz CT molecular complexity index is 450. The maximum absolute atomic E-state index is 11.2. The lowest BCUT2D eigenvalue weighted by molar-refractivity contribution is -0.383. The van der Waals surface area contributed by atoms with Crippen LogP contribution in [0.3, 0.4) is 0 Å². The van der Waals surface area contributed by atoms with Gasteiger partial charge in [0.25, 0.3) is 0 Å². The third kappa shape index (κ3) is 4.32. The Kier molecular flexibility index (Phi) is 6.14. The predicted molar refractivity (Wildman–Crippen MR) is 80.0 cm³/mol. The van der Waals surface area contributed by atoms with Crippen LogP contribution in [0.1, 0.15) is 34.1 Å². The van der Waals surface area contributed by atoms with Crippen molar-refractivity contribution in [3.63, 3.8) is 0 Å². The van der Waals surface area contributed by atoms with Crippen molar-refractivity contribution in [2.75, 3.05) is 23.7 Å². The number of anilines is 2. The first-order chi connectivity index (χ1) is 9.47. The van der Waals surface area contributed by atoms with Crippen LogP contribution in [0.25, 0.3) is 0 Å². The van der Waals surface area contributed by atoms with E-state index >= 15 is 0 Å². The Morgan fingerprint density at radius 1 is 1.25 bits per heavy atom. The van der Waals surface area contributed by atoms with E-state index in [0.717, 1.165) is 6.42 Å². The highest BCUT2D eigenvalue weighted by Gasteiger charge is 2.23. The molecule has 1 unspecified atom stereocenters. The van der Waals surface area contributed by atoms with Crippen molar-refractivity contribution in [1.82, 2.24) is 9.97 Å².